The predicted molar refractivity (Wildman–Crippen MR) is 120 cm³/mol. The number of aromatic nitrogens is 2. The van der Waals surface area contributed by atoms with E-state index in [0.29, 0.717) is 37.7 Å². The van der Waals surface area contributed by atoms with Gasteiger partial charge in [0.05, 0.1) is 25.1 Å². The maximum atomic E-state index is 13.0. The van der Waals surface area contributed by atoms with E-state index < -0.39 is 0 Å². The van der Waals surface area contributed by atoms with Crippen molar-refractivity contribution >= 4 is 17.6 Å². The van der Waals surface area contributed by atoms with Gasteiger partial charge in [-0.25, -0.2) is 9.79 Å². The molecule has 0 aliphatic carbocycles. The summed E-state index contributed by atoms with van der Waals surface area (Å²) in [6, 6.07) is 3.75. The molecule has 1 aromatic carbocycles. The number of aliphatic hydroxyl groups excluding tert-OH is 1. The number of urea groups is 1. The summed E-state index contributed by atoms with van der Waals surface area (Å²) >= 11 is 0. The van der Waals surface area contributed by atoms with Gasteiger partial charge in [0.25, 0.3) is 0 Å². The van der Waals surface area contributed by atoms with Crippen molar-refractivity contribution in [2.24, 2.45) is 23.9 Å². The molecule has 2 aromatic rings. The first-order chi connectivity index (χ1) is 14.9. The number of piperidine rings is 1. The fourth-order valence-corrected chi connectivity index (χ4v) is 4.56. The number of ether oxygens (including phenoxy) is 1. The van der Waals surface area contributed by atoms with Gasteiger partial charge in [0, 0.05) is 55.4 Å². The summed E-state index contributed by atoms with van der Waals surface area (Å²) in [4.78, 5) is 19.5. The summed E-state index contributed by atoms with van der Waals surface area (Å²) in [5, 5.41) is 17.6. The highest BCUT2D eigenvalue weighted by Crippen LogP contribution is 2.42. The summed E-state index contributed by atoms with van der Waals surface area (Å²) in [6.07, 6.45) is 5.43. The Bertz CT molecular complexity index is 997. The second-order valence-electron chi connectivity index (χ2n) is 8.90. The monoisotopic (exact) mass is 425 g/mol. The SMILES string of the molecule is COc1ccc(-c2cnn(C)c2)c2c1CC(NC(=O)N1CCC(O)C(CC(C)C)C1)=N2. The van der Waals surface area contributed by atoms with Crippen LogP contribution in [0.1, 0.15) is 32.3 Å². The van der Waals surface area contributed by atoms with Crippen LogP contribution < -0.4 is 10.1 Å². The van der Waals surface area contributed by atoms with Crippen LogP contribution in [0.4, 0.5) is 10.5 Å². The van der Waals surface area contributed by atoms with E-state index in [0.717, 1.165) is 34.5 Å². The van der Waals surface area contributed by atoms with E-state index in [2.05, 4.69) is 24.3 Å². The van der Waals surface area contributed by atoms with Crippen LogP contribution in [-0.4, -0.2) is 58.0 Å². The minimum absolute atomic E-state index is 0.111. The number of aliphatic hydroxyl groups is 1. The summed E-state index contributed by atoms with van der Waals surface area (Å²) in [6.45, 7) is 5.40. The van der Waals surface area contributed by atoms with Crippen molar-refractivity contribution in [1.82, 2.24) is 20.0 Å². The summed E-state index contributed by atoms with van der Waals surface area (Å²) in [7, 11) is 3.52. The number of rotatable bonds is 4. The number of aryl methyl sites for hydroxylation is 1. The second kappa shape index (κ2) is 8.70. The molecular weight excluding hydrogens is 394 g/mol. The van der Waals surface area contributed by atoms with Gasteiger partial charge in [-0.1, -0.05) is 13.8 Å². The lowest BCUT2D eigenvalue weighted by molar-refractivity contribution is 0.0311. The third-order valence-electron chi connectivity index (χ3n) is 6.07. The topological polar surface area (TPSA) is 92.0 Å². The van der Waals surface area contributed by atoms with Crippen molar-refractivity contribution in [2.75, 3.05) is 20.2 Å². The Morgan fingerprint density at radius 1 is 1.39 bits per heavy atom. The molecule has 0 bridgehead atoms. The van der Waals surface area contributed by atoms with Crippen LogP contribution in [0.25, 0.3) is 11.1 Å². The molecule has 1 fully saturated rings. The Kier molecular flexibility index (Phi) is 6.00. The zero-order valence-electron chi connectivity index (χ0n) is 18.6. The van der Waals surface area contributed by atoms with Crippen molar-refractivity contribution in [2.45, 2.75) is 39.2 Å². The van der Waals surface area contributed by atoms with Crippen molar-refractivity contribution in [3.05, 3.63) is 30.1 Å². The zero-order chi connectivity index (χ0) is 22.1. The minimum Gasteiger partial charge on any atom is -0.496 e. The highest BCUT2D eigenvalue weighted by molar-refractivity contribution is 6.04. The maximum Gasteiger partial charge on any atom is 0.322 e. The number of amidine groups is 1. The number of carbonyl (C=O) groups excluding carboxylic acids is 1. The number of benzene rings is 1. The average molecular weight is 426 g/mol. The minimum atomic E-state index is -0.342. The van der Waals surface area contributed by atoms with Crippen molar-refractivity contribution < 1.29 is 14.6 Å². The van der Waals surface area contributed by atoms with E-state index >= 15 is 0 Å². The van der Waals surface area contributed by atoms with E-state index in [-0.39, 0.29) is 18.1 Å². The van der Waals surface area contributed by atoms with Crippen LogP contribution in [-0.2, 0) is 13.5 Å². The quantitative estimate of drug-likeness (QED) is 0.787. The fraction of sp³-hybridized carbons (Fsp3) is 0.522. The van der Waals surface area contributed by atoms with Crippen LogP contribution in [0, 0.1) is 11.8 Å². The number of nitrogens with zero attached hydrogens (tertiary/aromatic N) is 4. The molecule has 0 saturated carbocycles. The standard InChI is InChI=1S/C23H31N5O3/c1-14(2)9-15-13-28(8-7-19(15)29)23(30)26-21-10-18-20(31-4)6-5-17(22(18)25-21)16-11-24-27(3)12-16/h5-6,11-12,14-15,19,29H,7-10,13H2,1-4H3,(H,25,26,30). The normalized spacial score (nSPS) is 20.6. The highest BCUT2D eigenvalue weighted by atomic mass is 16.5. The van der Waals surface area contributed by atoms with Crippen LogP contribution in [0.5, 0.6) is 5.75 Å². The predicted octanol–water partition coefficient (Wildman–Crippen LogP) is 3.12. The van der Waals surface area contributed by atoms with Gasteiger partial charge < -0.3 is 14.7 Å². The molecule has 3 heterocycles. The van der Waals surface area contributed by atoms with Gasteiger partial charge >= 0.3 is 6.03 Å². The van der Waals surface area contributed by atoms with Gasteiger partial charge in [0.1, 0.15) is 11.6 Å². The summed E-state index contributed by atoms with van der Waals surface area (Å²) < 4.78 is 7.30. The van der Waals surface area contributed by atoms with Gasteiger partial charge in [-0.15, -0.1) is 0 Å². The number of nitrogens with one attached hydrogen (secondary N) is 1. The molecule has 2 N–H and O–H groups in total. The number of amides is 2. The number of carbonyl (C=O) groups is 1. The molecule has 31 heavy (non-hydrogen) atoms. The molecule has 8 heteroatoms. The van der Waals surface area contributed by atoms with E-state index in [1.54, 1.807) is 16.7 Å². The first-order valence-electron chi connectivity index (χ1n) is 10.9. The molecule has 2 amide bonds. The Balaban J connectivity index is 1.52. The van der Waals surface area contributed by atoms with Crippen molar-refractivity contribution in [3.63, 3.8) is 0 Å². The van der Waals surface area contributed by atoms with Gasteiger partial charge in [0.15, 0.2) is 0 Å². The Morgan fingerprint density at radius 2 is 2.19 bits per heavy atom. The maximum absolute atomic E-state index is 13.0. The smallest absolute Gasteiger partial charge is 0.322 e. The number of aliphatic imine (C=N–C) groups is 1. The molecule has 2 atom stereocenters. The summed E-state index contributed by atoms with van der Waals surface area (Å²) in [5.41, 5.74) is 3.71. The van der Waals surface area contributed by atoms with Crippen LogP contribution in [0.2, 0.25) is 0 Å². The first-order valence-corrected chi connectivity index (χ1v) is 10.9. The average Bonchev–Trinajstić information content (AvgIpc) is 3.34. The molecular formula is C23H31N5O3. The van der Waals surface area contributed by atoms with Gasteiger partial charge in [-0.3, -0.25) is 10.00 Å². The molecule has 8 nitrogen and oxygen atoms in total. The van der Waals surface area contributed by atoms with Gasteiger partial charge in [-0.05, 0) is 30.9 Å². The van der Waals surface area contributed by atoms with Gasteiger partial charge in [-0.2, -0.15) is 5.10 Å². The second-order valence-corrected chi connectivity index (χ2v) is 8.90. The lowest BCUT2D eigenvalue weighted by Gasteiger charge is -2.36. The van der Waals surface area contributed by atoms with E-state index in [1.165, 1.54) is 0 Å². The molecule has 2 aliphatic heterocycles. The van der Waals surface area contributed by atoms with E-state index in [4.69, 9.17) is 9.73 Å². The molecule has 2 aliphatic rings. The molecule has 166 valence electrons. The number of methoxy groups -OCH3 is 1. The molecule has 0 radical (unpaired) electrons. The third kappa shape index (κ3) is 4.44. The van der Waals surface area contributed by atoms with E-state index in [1.807, 2.05) is 31.6 Å². The van der Waals surface area contributed by atoms with Crippen molar-refractivity contribution in [3.8, 4) is 16.9 Å². The Morgan fingerprint density at radius 3 is 2.87 bits per heavy atom. The Hall–Kier alpha value is -2.87. The number of hydrogen-bond acceptors (Lipinski definition) is 5. The lowest BCUT2D eigenvalue weighted by Crippen LogP contribution is -2.51. The lowest BCUT2D eigenvalue weighted by atomic mass is 9.87. The van der Waals surface area contributed by atoms with Crippen LogP contribution in [0.3, 0.4) is 0 Å². The highest BCUT2D eigenvalue weighted by Gasteiger charge is 2.32. The molecule has 1 aromatic heterocycles. The zero-order valence-corrected chi connectivity index (χ0v) is 18.6. The first kappa shape index (κ1) is 21.4. The van der Waals surface area contributed by atoms with Crippen LogP contribution >= 0.6 is 0 Å². The molecule has 2 unspecified atom stereocenters. The number of fused-ring (bicyclic) bond motifs is 1. The van der Waals surface area contributed by atoms with Gasteiger partial charge in [0.2, 0.25) is 0 Å². The molecule has 4 rings (SSSR count). The number of likely N-dealkylation sites (tertiary alicyclic amines) is 1. The Labute approximate surface area is 182 Å². The third-order valence-corrected chi connectivity index (χ3v) is 6.07. The molecule has 0 spiro atoms. The molecule has 1 saturated heterocycles. The number of hydrogen-bond donors (Lipinski definition) is 2. The van der Waals surface area contributed by atoms with Crippen molar-refractivity contribution in [1.29, 1.82) is 0 Å². The van der Waals surface area contributed by atoms with Crippen LogP contribution in [0.15, 0.2) is 29.5 Å². The van der Waals surface area contributed by atoms with E-state index in [9.17, 15) is 9.90 Å². The fourth-order valence-electron chi connectivity index (χ4n) is 4.56. The summed E-state index contributed by atoms with van der Waals surface area (Å²) in [5.74, 6) is 1.96. The largest absolute Gasteiger partial charge is 0.496 e.